The summed E-state index contributed by atoms with van der Waals surface area (Å²) in [7, 11) is 1.68. The molecule has 0 spiro atoms. The number of hydrogen-bond acceptors (Lipinski definition) is 4. The van der Waals surface area contributed by atoms with Gasteiger partial charge in [-0.05, 0) is 26.8 Å². The van der Waals surface area contributed by atoms with Crippen LogP contribution < -0.4 is 10.1 Å². The van der Waals surface area contributed by atoms with Crippen LogP contribution in [0.15, 0.2) is 24.3 Å². The van der Waals surface area contributed by atoms with Crippen molar-refractivity contribution in [2.45, 2.75) is 39.3 Å². The van der Waals surface area contributed by atoms with Crippen molar-refractivity contribution in [3.63, 3.8) is 0 Å². The van der Waals surface area contributed by atoms with Crippen molar-refractivity contribution in [3.05, 3.63) is 29.8 Å². The molecule has 0 aliphatic carbocycles. The molecule has 0 atom stereocenters. The van der Waals surface area contributed by atoms with Gasteiger partial charge in [0.1, 0.15) is 5.75 Å². The Kier molecular flexibility index (Phi) is 8.35. The highest BCUT2D eigenvalue weighted by atomic mass is 16.5. The fraction of sp³-hybridized carbons (Fsp3) is 0.647. The summed E-state index contributed by atoms with van der Waals surface area (Å²) in [6.07, 6.45) is 0.880. The highest BCUT2D eigenvalue weighted by Crippen LogP contribution is 2.18. The van der Waals surface area contributed by atoms with Gasteiger partial charge in [-0.1, -0.05) is 18.2 Å². The Hall–Kier alpha value is -1.10. The lowest BCUT2D eigenvalue weighted by atomic mass is 10.1. The first-order valence-electron chi connectivity index (χ1n) is 7.55. The summed E-state index contributed by atoms with van der Waals surface area (Å²) < 4.78 is 16.2. The Morgan fingerprint density at radius 2 is 1.76 bits per heavy atom. The minimum Gasteiger partial charge on any atom is -0.493 e. The van der Waals surface area contributed by atoms with Gasteiger partial charge in [0.25, 0.3) is 0 Å². The van der Waals surface area contributed by atoms with Gasteiger partial charge < -0.3 is 19.5 Å². The van der Waals surface area contributed by atoms with Gasteiger partial charge in [-0.3, -0.25) is 0 Å². The van der Waals surface area contributed by atoms with E-state index in [1.807, 2.05) is 18.2 Å². The summed E-state index contributed by atoms with van der Waals surface area (Å²) in [5.74, 6) is 0.950. The monoisotopic (exact) mass is 295 g/mol. The Morgan fingerprint density at radius 1 is 1.00 bits per heavy atom. The standard InChI is InChI=1S/C17H29NO3/c1-17(2,3)18-14-15-8-5-6-9-16(15)21-11-7-10-20-13-12-19-4/h5-6,8-9,18H,7,10-14H2,1-4H3. The van der Waals surface area contributed by atoms with E-state index >= 15 is 0 Å². The molecule has 21 heavy (non-hydrogen) atoms. The lowest BCUT2D eigenvalue weighted by molar-refractivity contribution is 0.0644. The Bertz CT molecular complexity index is 388. The van der Waals surface area contributed by atoms with Gasteiger partial charge >= 0.3 is 0 Å². The molecule has 0 aliphatic rings. The van der Waals surface area contributed by atoms with E-state index in [-0.39, 0.29) is 5.54 Å². The van der Waals surface area contributed by atoms with Crippen LogP contribution in [0.3, 0.4) is 0 Å². The molecule has 0 bridgehead atoms. The van der Waals surface area contributed by atoms with Crippen LogP contribution in [0.5, 0.6) is 5.75 Å². The van der Waals surface area contributed by atoms with E-state index in [1.165, 1.54) is 5.56 Å². The van der Waals surface area contributed by atoms with Gasteiger partial charge in [-0.2, -0.15) is 0 Å². The first-order valence-corrected chi connectivity index (χ1v) is 7.55. The molecule has 4 heteroatoms. The zero-order valence-electron chi connectivity index (χ0n) is 13.8. The summed E-state index contributed by atoms with van der Waals surface area (Å²) in [4.78, 5) is 0. The summed E-state index contributed by atoms with van der Waals surface area (Å²) in [5.41, 5.74) is 1.29. The molecular weight excluding hydrogens is 266 g/mol. The maximum atomic E-state index is 5.86. The zero-order valence-corrected chi connectivity index (χ0v) is 13.8. The molecule has 1 rings (SSSR count). The summed E-state index contributed by atoms with van der Waals surface area (Å²) in [6.45, 7) is 9.94. The van der Waals surface area contributed by atoms with Crippen LogP contribution in [0.1, 0.15) is 32.8 Å². The molecule has 120 valence electrons. The third-order valence-electron chi connectivity index (χ3n) is 2.90. The lowest BCUT2D eigenvalue weighted by Gasteiger charge is -2.21. The second kappa shape index (κ2) is 9.77. The average molecular weight is 295 g/mol. The molecule has 0 saturated heterocycles. The molecule has 0 saturated carbocycles. The van der Waals surface area contributed by atoms with Crippen molar-refractivity contribution in [1.29, 1.82) is 0 Å². The molecule has 4 nitrogen and oxygen atoms in total. The van der Waals surface area contributed by atoms with E-state index in [4.69, 9.17) is 14.2 Å². The maximum Gasteiger partial charge on any atom is 0.123 e. The van der Waals surface area contributed by atoms with Crippen LogP contribution in [-0.4, -0.2) is 39.1 Å². The number of para-hydroxylation sites is 1. The molecule has 0 unspecified atom stereocenters. The molecule has 1 aromatic rings. The topological polar surface area (TPSA) is 39.7 Å². The minimum absolute atomic E-state index is 0.0995. The number of benzene rings is 1. The molecule has 0 amide bonds. The fourth-order valence-electron chi connectivity index (χ4n) is 1.74. The van der Waals surface area contributed by atoms with Crippen LogP contribution >= 0.6 is 0 Å². The van der Waals surface area contributed by atoms with Gasteiger partial charge in [0.15, 0.2) is 0 Å². The quantitative estimate of drug-likeness (QED) is 0.674. The van der Waals surface area contributed by atoms with E-state index < -0.39 is 0 Å². The van der Waals surface area contributed by atoms with Crippen LogP contribution in [0.4, 0.5) is 0 Å². The maximum absolute atomic E-state index is 5.86. The SMILES string of the molecule is COCCOCCCOc1ccccc1CNC(C)(C)C. The van der Waals surface area contributed by atoms with Crippen molar-refractivity contribution in [2.24, 2.45) is 0 Å². The summed E-state index contributed by atoms with van der Waals surface area (Å²) in [5, 5.41) is 3.48. The van der Waals surface area contributed by atoms with E-state index in [9.17, 15) is 0 Å². The summed E-state index contributed by atoms with van der Waals surface area (Å²) >= 11 is 0. The first-order chi connectivity index (χ1) is 10.0. The van der Waals surface area contributed by atoms with E-state index in [2.05, 4.69) is 32.2 Å². The fourth-order valence-corrected chi connectivity index (χ4v) is 1.74. The van der Waals surface area contributed by atoms with Crippen LogP contribution in [-0.2, 0) is 16.0 Å². The van der Waals surface area contributed by atoms with Crippen molar-refractivity contribution in [2.75, 3.05) is 33.5 Å². The second-order valence-electron chi connectivity index (χ2n) is 6.02. The van der Waals surface area contributed by atoms with Gasteiger partial charge in [0.2, 0.25) is 0 Å². The van der Waals surface area contributed by atoms with E-state index in [1.54, 1.807) is 7.11 Å². The van der Waals surface area contributed by atoms with Gasteiger partial charge in [0, 0.05) is 37.8 Å². The number of hydrogen-bond donors (Lipinski definition) is 1. The number of methoxy groups -OCH3 is 1. The average Bonchev–Trinajstić information content (AvgIpc) is 2.44. The normalized spacial score (nSPS) is 11.6. The van der Waals surface area contributed by atoms with Crippen LogP contribution in [0, 0.1) is 0 Å². The third-order valence-corrected chi connectivity index (χ3v) is 2.90. The van der Waals surface area contributed by atoms with Crippen molar-refractivity contribution in [1.82, 2.24) is 5.32 Å². The number of ether oxygens (including phenoxy) is 3. The van der Waals surface area contributed by atoms with Crippen LogP contribution in [0.2, 0.25) is 0 Å². The van der Waals surface area contributed by atoms with Crippen LogP contribution in [0.25, 0.3) is 0 Å². The first kappa shape index (κ1) is 18.0. The largest absolute Gasteiger partial charge is 0.493 e. The molecule has 0 radical (unpaired) electrons. The van der Waals surface area contributed by atoms with Crippen molar-refractivity contribution < 1.29 is 14.2 Å². The Labute approximate surface area is 128 Å². The molecular formula is C17H29NO3. The highest BCUT2D eigenvalue weighted by molar-refractivity contribution is 5.33. The second-order valence-corrected chi connectivity index (χ2v) is 6.02. The van der Waals surface area contributed by atoms with E-state index in [0.717, 1.165) is 18.7 Å². The predicted molar refractivity (Wildman–Crippen MR) is 85.8 cm³/mol. The lowest BCUT2D eigenvalue weighted by Crippen LogP contribution is -2.35. The number of nitrogens with one attached hydrogen (secondary N) is 1. The van der Waals surface area contributed by atoms with E-state index in [0.29, 0.717) is 26.4 Å². The highest BCUT2D eigenvalue weighted by Gasteiger charge is 2.10. The summed E-state index contributed by atoms with van der Waals surface area (Å²) in [6, 6.07) is 8.17. The third kappa shape index (κ3) is 8.71. The molecule has 0 aromatic heterocycles. The molecule has 0 aliphatic heterocycles. The molecule has 0 heterocycles. The van der Waals surface area contributed by atoms with Crippen molar-refractivity contribution >= 4 is 0 Å². The van der Waals surface area contributed by atoms with Gasteiger partial charge in [-0.15, -0.1) is 0 Å². The Morgan fingerprint density at radius 3 is 2.48 bits per heavy atom. The van der Waals surface area contributed by atoms with Gasteiger partial charge in [0.05, 0.1) is 19.8 Å². The molecule has 1 aromatic carbocycles. The Balaban J connectivity index is 2.31. The molecule has 1 N–H and O–H groups in total. The minimum atomic E-state index is 0.0995. The number of rotatable bonds is 10. The zero-order chi connectivity index (χ0) is 15.6. The molecule has 0 fully saturated rings. The smallest absolute Gasteiger partial charge is 0.123 e. The van der Waals surface area contributed by atoms with Crippen molar-refractivity contribution in [3.8, 4) is 5.75 Å². The predicted octanol–water partition coefficient (Wildman–Crippen LogP) is 3.01. The van der Waals surface area contributed by atoms with Gasteiger partial charge in [-0.25, -0.2) is 0 Å².